The molecule has 0 bridgehead atoms. The molecule has 21 heavy (non-hydrogen) atoms. The molecule has 1 aliphatic rings. The minimum absolute atomic E-state index is 0.0245. The molecule has 1 aliphatic heterocycles. The number of carbonyl (C=O) groups excluding carboxylic acids is 2. The molecular formula is C13H18N4O4. The molecule has 0 radical (unpaired) electrons. The van der Waals surface area contributed by atoms with Gasteiger partial charge in [0.15, 0.2) is 18.1 Å². The van der Waals surface area contributed by atoms with Crippen LogP contribution in [0.5, 0.6) is 0 Å². The zero-order valence-electron chi connectivity index (χ0n) is 12.0. The number of hydrogen-bond donors (Lipinski definition) is 1. The van der Waals surface area contributed by atoms with E-state index in [1.807, 2.05) is 13.8 Å². The number of carbonyl (C=O) groups is 2. The maximum absolute atomic E-state index is 12.0. The molecule has 2 N–H and O–H groups in total. The van der Waals surface area contributed by atoms with Crippen molar-refractivity contribution in [3.05, 3.63) is 18.1 Å². The zero-order valence-corrected chi connectivity index (χ0v) is 12.0. The minimum atomic E-state index is -0.761. The highest BCUT2D eigenvalue weighted by Crippen LogP contribution is 2.11. The van der Waals surface area contributed by atoms with Crippen molar-refractivity contribution in [3.8, 4) is 0 Å². The third kappa shape index (κ3) is 3.88. The van der Waals surface area contributed by atoms with Gasteiger partial charge in [0.25, 0.3) is 5.91 Å². The number of esters is 1. The number of amides is 1. The van der Waals surface area contributed by atoms with Crippen LogP contribution >= 0.6 is 0 Å². The van der Waals surface area contributed by atoms with Crippen molar-refractivity contribution in [1.29, 1.82) is 0 Å². The molecule has 0 spiro atoms. The standard InChI is InChI=1S/C13H18N4O4/c1-8-5-17(6-9(2)21-8)10(18)7-20-13(19)11-12(14)16-4-3-15-11/h3-4,8-9H,5-7H2,1-2H3,(H2,14,16)/t8-,9-/m0/s1. The van der Waals surface area contributed by atoms with E-state index >= 15 is 0 Å². The summed E-state index contributed by atoms with van der Waals surface area (Å²) >= 11 is 0. The fourth-order valence-electron chi connectivity index (χ4n) is 2.17. The van der Waals surface area contributed by atoms with Crippen LogP contribution in [-0.2, 0) is 14.3 Å². The molecule has 8 heteroatoms. The van der Waals surface area contributed by atoms with E-state index in [9.17, 15) is 9.59 Å². The normalized spacial score (nSPS) is 21.9. The van der Waals surface area contributed by atoms with E-state index in [1.54, 1.807) is 4.90 Å². The van der Waals surface area contributed by atoms with Gasteiger partial charge in [-0.25, -0.2) is 14.8 Å². The fourth-order valence-corrected chi connectivity index (χ4v) is 2.17. The highest BCUT2D eigenvalue weighted by molar-refractivity contribution is 5.93. The van der Waals surface area contributed by atoms with Crippen LogP contribution in [0.3, 0.4) is 0 Å². The van der Waals surface area contributed by atoms with Gasteiger partial charge in [0.05, 0.1) is 12.2 Å². The first-order valence-corrected chi connectivity index (χ1v) is 6.64. The lowest BCUT2D eigenvalue weighted by Crippen LogP contribution is -2.49. The molecule has 2 heterocycles. The SMILES string of the molecule is C[C@H]1CN(C(=O)COC(=O)c2nccnc2N)C[C@H](C)O1. The summed E-state index contributed by atoms with van der Waals surface area (Å²) in [6.07, 6.45) is 2.63. The molecular weight excluding hydrogens is 276 g/mol. The predicted molar refractivity (Wildman–Crippen MR) is 73.3 cm³/mol. The van der Waals surface area contributed by atoms with Gasteiger partial charge in [0.1, 0.15) is 0 Å². The van der Waals surface area contributed by atoms with Crippen molar-refractivity contribution in [2.24, 2.45) is 0 Å². The number of anilines is 1. The summed E-state index contributed by atoms with van der Waals surface area (Å²) in [5, 5.41) is 0. The molecule has 2 atom stereocenters. The Hall–Kier alpha value is -2.22. The van der Waals surface area contributed by atoms with E-state index in [2.05, 4.69) is 9.97 Å². The minimum Gasteiger partial charge on any atom is -0.451 e. The van der Waals surface area contributed by atoms with E-state index in [0.717, 1.165) is 0 Å². The maximum atomic E-state index is 12.0. The monoisotopic (exact) mass is 294 g/mol. The van der Waals surface area contributed by atoms with Gasteiger partial charge in [-0.05, 0) is 13.8 Å². The summed E-state index contributed by atoms with van der Waals surface area (Å²) in [5.74, 6) is -1.06. The third-order valence-corrected chi connectivity index (χ3v) is 3.02. The highest BCUT2D eigenvalue weighted by atomic mass is 16.5. The first kappa shape index (κ1) is 15.2. The van der Waals surface area contributed by atoms with E-state index in [-0.39, 0.29) is 36.2 Å². The average molecular weight is 294 g/mol. The molecule has 0 aromatic carbocycles. The lowest BCUT2D eigenvalue weighted by Gasteiger charge is -2.35. The quantitative estimate of drug-likeness (QED) is 0.772. The molecule has 0 aliphatic carbocycles. The summed E-state index contributed by atoms with van der Waals surface area (Å²) in [6.45, 7) is 4.39. The third-order valence-electron chi connectivity index (χ3n) is 3.02. The van der Waals surface area contributed by atoms with Crippen molar-refractivity contribution < 1.29 is 19.1 Å². The Morgan fingerprint density at radius 2 is 1.95 bits per heavy atom. The number of nitrogen functional groups attached to an aromatic ring is 1. The number of nitrogens with two attached hydrogens (primary N) is 1. The lowest BCUT2D eigenvalue weighted by atomic mass is 10.2. The second-order valence-electron chi connectivity index (χ2n) is 4.92. The van der Waals surface area contributed by atoms with Crippen molar-refractivity contribution in [1.82, 2.24) is 14.9 Å². The zero-order chi connectivity index (χ0) is 15.4. The van der Waals surface area contributed by atoms with E-state index in [4.69, 9.17) is 15.2 Å². The van der Waals surface area contributed by atoms with Crippen LogP contribution < -0.4 is 5.73 Å². The van der Waals surface area contributed by atoms with Gasteiger partial charge >= 0.3 is 5.97 Å². The Balaban J connectivity index is 1.89. The Morgan fingerprint density at radius 3 is 2.57 bits per heavy atom. The summed E-state index contributed by atoms with van der Waals surface area (Å²) < 4.78 is 10.5. The Labute approximate surface area is 122 Å². The Kier molecular flexibility index (Phi) is 4.69. The van der Waals surface area contributed by atoms with Crippen molar-refractivity contribution in [2.75, 3.05) is 25.4 Å². The first-order chi connectivity index (χ1) is 9.97. The molecule has 1 saturated heterocycles. The van der Waals surface area contributed by atoms with E-state index in [0.29, 0.717) is 13.1 Å². The van der Waals surface area contributed by atoms with Crippen molar-refractivity contribution >= 4 is 17.7 Å². The molecule has 8 nitrogen and oxygen atoms in total. The van der Waals surface area contributed by atoms with Gasteiger partial charge in [0.2, 0.25) is 0 Å². The number of aromatic nitrogens is 2. The second kappa shape index (κ2) is 6.49. The molecule has 0 unspecified atom stereocenters. The Bertz CT molecular complexity index is 527. The van der Waals surface area contributed by atoms with Gasteiger partial charge in [-0.3, -0.25) is 4.79 Å². The molecule has 1 aromatic heterocycles. The van der Waals surface area contributed by atoms with Crippen LogP contribution in [-0.4, -0.2) is 58.6 Å². The summed E-state index contributed by atoms with van der Waals surface area (Å²) in [7, 11) is 0. The number of hydrogen-bond acceptors (Lipinski definition) is 7. The van der Waals surface area contributed by atoms with Gasteiger partial charge in [0, 0.05) is 25.5 Å². The largest absolute Gasteiger partial charge is 0.451 e. The van der Waals surface area contributed by atoms with Crippen LogP contribution in [0, 0.1) is 0 Å². The number of rotatable bonds is 3. The summed E-state index contributed by atoms with van der Waals surface area (Å²) in [6, 6.07) is 0. The van der Waals surface area contributed by atoms with E-state index in [1.165, 1.54) is 12.4 Å². The van der Waals surface area contributed by atoms with Crippen LogP contribution in [0.25, 0.3) is 0 Å². The smallest absolute Gasteiger partial charge is 0.361 e. The van der Waals surface area contributed by atoms with Gasteiger partial charge < -0.3 is 20.1 Å². The maximum Gasteiger partial charge on any atom is 0.361 e. The number of morpholine rings is 1. The lowest BCUT2D eigenvalue weighted by molar-refractivity contribution is -0.146. The first-order valence-electron chi connectivity index (χ1n) is 6.64. The molecule has 1 aromatic rings. The second-order valence-corrected chi connectivity index (χ2v) is 4.92. The van der Waals surface area contributed by atoms with Gasteiger partial charge in [-0.1, -0.05) is 0 Å². The van der Waals surface area contributed by atoms with Gasteiger partial charge in [-0.2, -0.15) is 0 Å². The highest BCUT2D eigenvalue weighted by Gasteiger charge is 2.26. The fraction of sp³-hybridized carbons (Fsp3) is 0.538. The molecule has 1 amide bonds. The molecule has 1 fully saturated rings. The molecule has 2 rings (SSSR count). The topological polar surface area (TPSA) is 108 Å². The van der Waals surface area contributed by atoms with Crippen LogP contribution in [0.2, 0.25) is 0 Å². The number of nitrogens with zero attached hydrogens (tertiary/aromatic N) is 3. The van der Waals surface area contributed by atoms with Crippen LogP contribution in [0.4, 0.5) is 5.82 Å². The summed E-state index contributed by atoms with van der Waals surface area (Å²) in [4.78, 5) is 33.0. The van der Waals surface area contributed by atoms with Crippen LogP contribution in [0.1, 0.15) is 24.3 Å². The van der Waals surface area contributed by atoms with Crippen LogP contribution in [0.15, 0.2) is 12.4 Å². The van der Waals surface area contributed by atoms with Crippen molar-refractivity contribution in [2.45, 2.75) is 26.1 Å². The summed E-state index contributed by atoms with van der Waals surface area (Å²) in [5.41, 5.74) is 5.43. The predicted octanol–water partition coefficient (Wildman–Crippen LogP) is -0.149. The molecule has 114 valence electrons. The molecule has 0 saturated carbocycles. The van der Waals surface area contributed by atoms with Gasteiger partial charge in [-0.15, -0.1) is 0 Å². The Morgan fingerprint density at radius 1 is 1.33 bits per heavy atom. The van der Waals surface area contributed by atoms with E-state index < -0.39 is 5.97 Å². The average Bonchev–Trinajstić information content (AvgIpc) is 2.43. The number of ether oxygens (including phenoxy) is 2. The van der Waals surface area contributed by atoms with Crippen molar-refractivity contribution in [3.63, 3.8) is 0 Å².